The van der Waals surface area contributed by atoms with Gasteiger partial charge in [-0.05, 0) is 31.5 Å². The summed E-state index contributed by atoms with van der Waals surface area (Å²) in [6.07, 6.45) is 2.80. The lowest BCUT2D eigenvalue weighted by Crippen LogP contribution is -1.99. The summed E-state index contributed by atoms with van der Waals surface area (Å²) in [5, 5.41) is 3.71. The van der Waals surface area contributed by atoms with Crippen LogP contribution in [0.25, 0.3) is 21.0 Å². The SMILES string of the molecule is CCC(c1ccccn1)c1cc2c(N)nc(-c3nc(C)cs3)nc2s1.Cl. The van der Waals surface area contributed by atoms with Gasteiger partial charge in [-0.1, -0.05) is 13.0 Å². The van der Waals surface area contributed by atoms with Crippen molar-refractivity contribution in [2.24, 2.45) is 0 Å². The first-order valence-corrected chi connectivity index (χ1v) is 9.75. The molecule has 0 aromatic carbocycles. The second kappa shape index (κ2) is 7.65. The molecule has 134 valence electrons. The van der Waals surface area contributed by atoms with Gasteiger partial charge in [0.1, 0.15) is 10.6 Å². The maximum Gasteiger partial charge on any atom is 0.192 e. The number of aryl methyl sites for hydroxylation is 1. The number of nitrogen functional groups attached to an aromatic ring is 1. The van der Waals surface area contributed by atoms with E-state index >= 15 is 0 Å². The van der Waals surface area contributed by atoms with Gasteiger partial charge >= 0.3 is 0 Å². The van der Waals surface area contributed by atoms with E-state index in [1.807, 2.05) is 30.6 Å². The number of hydrogen-bond acceptors (Lipinski definition) is 7. The van der Waals surface area contributed by atoms with Crippen molar-refractivity contribution >= 4 is 51.1 Å². The number of pyridine rings is 1. The molecule has 1 atom stereocenters. The van der Waals surface area contributed by atoms with Crippen LogP contribution in [-0.4, -0.2) is 19.9 Å². The van der Waals surface area contributed by atoms with Crippen molar-refractivity contribution in [2.75, 3.05) is 5.73 Å². The van der Waals surface area contributed by atoms with Crippen molar-refractivity contribution in [1.29, 1.82) is 0 Å². The first-order chi connectivity index (χ1) is 12.2. The van der Waals surface area contributed by atoms with E-state index in [4.69, 9.17) is 10.7 Å². The lowest BCUT2D eigenvalue weighted by Gasteiger charge is -2.11. The van der Waals surface area contributed by atoms with Gasteiger partial charge in [-0.25, -0.2) is 15.0 Å². The van der Waals surface area contributed by atoms with Gasteiger partial charge in [0.25, 0.3) is 0 Å². The van der Waals surface area contributed by atoms with Crippen LogP contribution in [-0.2, 0) is 0 Å². The third-order valence-electron chi connectivity index (χ3n) is 4.05. The quantitative estimate of drug-likeness (QED) is 0.515. The molecule has 0 aliphatic carbocycles. The van der Waals surface area contributed by atoms with Gasteiger partial charge in [0.05, 0.1) is 5.39 Å². The zero-order valence-corrected chi connectivity index (χ0v) is 16.8. The number of anilines is 1. The highest BCUT2D eigenvalue weighted by atomic mass is 35.5. The minimum atomic E-state index is 0. The first kappa shape index (κ1) is 18.7. The Bertz CT molecular complexity index is 1030. The summed E-state index contributed by atoms with van der Waals surface area (Å²) in [5.41, 5.74) is 8.25. The van der Waals surface area contributed by atoms with E-state index in [1.54, 1.807) is 11.3 Å². The van der Waals surface area contributed by atoms with E-state index < -0.39 is 0 Å². The molecule has 0 fully saturated rings. The number of thiophene rings is 1. The summed E-state index contributed by atoms with van der Waals surface area (Å²) in [7, 11) is 0. The molecule has 4 aromatic rings. The minimum Gasteiger partial charge on any atom is -0.383 e. The molecule has 4 aromatic heterocycles. The Kier molecular flexibility index (Phi) is 5.50. The number of thiazole rings is 1. The second-order valence-corrected chi connectivity index (χ2v) is 7.73. The van der Waals surface area contributed by atoms with Gasteiger partial charge in [0, 0.05) is 33.8 Å². The molecule has 0 amide bonds. The van der Waals surface area contributed by atoms with Crippen LogP contribution < -0.4 is 5.73 Å². The molecule has 0 spiro atoms. The number of aromatic nitrogens is 4. The van der Waals surface area contributed by atoms with Crippen molar-refractivity contribution in [3.63, 3.8) is 0 Å². The van der Waals surface area contributed by atoms with E-state index in [-0.39, 0.29) is 18.3 Å². The van der Waals surface area contributed by atoms with E-state index in [0.29, 0.717) is 11.6 Å². The number of fused-ring (bicyclic) bond motifs is 1. The molecule has 4 heterocycles. The smallest absolute Gasteiger partial charge is 0.192 e. The summed E-state index contributed by atoms with van der Waals surface area (Å²) < 4.78 is 0. The van der Waals surface area contributed by atoms with Crippen LogP contribution in [0.3, 0.4) is 0 Å². The van der Waals surface area contributed by atoms with Gasteiger partial charge in [-0.2, -0.15) is 0 Å². The highest BCUT2D eigenvalue weighted by Crippen LogP contribution is 2.37. The number of nitrogens with zero attached hydrogens (tertiary/aromatic N) is 4. The normalized spacial score (nSPS) is 12.1. The van der Waals surface area contributed by atoms with Crippen LogP contribution in [0.4, 0.5) is 5.82 Å². The number of nitrogens with two attached hydrogens (primary N) is 1. The van der Waals surface area contributed by atoms with E-state index in [0.717, 1.165) is 33.0 Å². The maximum atomic E-state index is 6.21. The van der Waals surface area contributed by atoms with E-state index in [9.17, 15) is 0 Å². The maximum absolute atomic E-state index is 6.21. The van der Waals surface area contributed by atoms with Crippen LogP contribution in [0.15, 0.2) is 35.8 Å². The number of halogens is 1. The van der Waals surface area contributed by atoms with E-state index in [2.05, 4.69) is 34.0 Å². The number of hydrogen-bond donors (Lipinski definition) is 1. The monoisotopic (exact) mass is 403 g/mol. The topological polar surface area (TPSA) is 77.6 Å². The Morgan fingerprint density at radius 1 is 1.19 bits per heavy atom. The Morgan fingerprint density at radius 2 is 2.04 bits per heavy atom. The summed E-state index contributed by atoms with van der Waals surface area (Å²) in [6.45, 7) is 4.13. The highest BCUT2D eigenvalue weighted by Gasteiger charge is 2.19. The van der Waals surface area contributed by atoms with Crippen molar-refractivity contribution in [1.82, 2.24) is 19.9 Å². The lowest BCUT2D eigenvalue weighted by atomic mass is 9.99. The van der Waals surface area contributed by atoms with Crippen LogP contribution in [0.1, 0.15) is 35.5 Å². The van der Waals surface area contributed by atoms with E-state index in [1.165, 1.54) is 16.2 Å². The molecule has 0 bridgehead atoms. The molecule has 5 nitrogen and oxygen atoms in total. The zero-order chi connectivity index (χ0) is 17.4. The molecular weight excluding hydrogens is 386 g/mol. The molecule has 0 saturated heterocycles. The zero-order valence-electron chi connectivity index (χ0n) is 14.3. The molecule has 26 heavy (non-hydrogen) atoms. The summed E-state index contributed by atoms with van der Waals surface area (Å²) >= 11 is 3.20. The van der Waals surface area contributed by atoms with Crippen LogP contribution in [0, 0.1) is 6.92 Å². The summed E-state index contributed by atoms with van der Waals surface area (Å²) in [4.78, 5) is 20.3. The van der Waals surface area contributed by atoms with Gasteiger partial charge in [0.2, 0.25) is 0 Å². The Hall–Kier alpha value is -2.09. The molecule has 0 aliphatic heterocycles. The van der Waals surface area contributed by atoms with Gasteiger partial charge in [0.15, 0.2) is 10.8 Å². The van der Waals surface area contributed by atoms with Gasteiger partial charge < -0.3 is 5.73 Å². The third-order valence-corrected chi connectivity index (χ3v) is 6.15. The Labute approximate surface area is 165 Å². The summed E-state index contributed by atoms with van der Waals surface area (Å²) in [6, 6.07) is 8.13. The molecule has 8 heteroatoms. The van der Waals surface area contributed by atoms with Gasteiger partial charge in [-0.3, -0.25) is 4.98 Å². The van der Waals surface area contributed by atoms with Crippen molar-refractivity contribution < 1.29 is 0 Å². The molecule has 1 unspecified atom stereocenters. The second-order valence-electron chi connectivity index (χ2n) is 5.81. The van der Waals surface area contributed by atoms with Gasteiger partial charge in [-0.15, -0.1) is 35.1 Å². The minimum absolute atomic E-state index is 0. The van der Waals surface area contributed by atoms with Crippen molar-refractivity contribution in [3.8, 4) is 10.8 Å². The Balaban J connectivity index is 0.00000196. The average molecular weight is 404 g/mol. The van der Waals surface area contributed by atoms with Crippen molar-refractivity contribution in [3.05, 3.63) is 52.1 Å². The van der Waals surface area contributed by atoms with Crippen LogP contribution in [0.2, 0.25) is 0 Å². The highest BCUT2D eigenvalue weighted by molar-refractivity contribution is 7.18. The fraction of sp³-hybridized carbons (Fsp3) is 0.222. The first-order valence-electron chi connectivity index (χ1n) is 8.06. The fourth-order valence-electron chi connectivity index (χ4n) is 2.82. The molecule has 4 rings (SSSR count). The predicted octanol–water partition coefficient (Wildman–Crippen LogP) is 5.06. The molecule has 0 saturated carbocycles. The van der Waals surface area contributed by atoms with Crippen LogP contribution >= 0.6 is 35.1 Å². The fourth-order valence-corrected chi connectivity index (χ4v) is 4.79. The molecule has 0 aliphatic rings. The van der Waals surface area contributed by atoms with Crippen LogP contribution in [0.5, 0.6) is 0 Å². The van der Waals surface area contributed by atoms with Crippen molar-refractivity contribution in [2.45, 2.75) is 26.2 Å². The largest absolute Gasteiger partial charge is 0.383 e. The molecule has 0 radical (unpaired) electrons. The standard InChI is InChI=1S/C18H17N5S2.ClH/c1-3-11(13-6-4-5-7-20-13)14-8-12-15(19)22-16(23-17(12)25-14)18-21-10(2)9-24-18;/h4-9,11H,3H2,1-2H3,(H2,19,22,23);1H. The molecule has 2 N–H and O–H groups in total. The number of rotatable bonds is 4. The lowest BCUT2D eigenvalue weighted by molar-refractivity contribution is 0.763. The third kappa shape index (κ3) is 3.42. The Morgan fingerprint density at radius 3 is 2.69 bits per heavy atom. The summed E-state index contributed by atoms with van der Waals surface area (Å²) in [5.74, 6) is 1.35. The molecular formula is C18H18ClN5S2. The average Bonchev–Trinajstić information content (AvgIpc) is 3.23. The predicted molar refractivity (Wildman–Crippen MR) is 111 cm³/mol.